The Bertz CT molecular complexity index is 398. The molecule has 4 heteroatoms. The molecule has 80 valence electrons. The van der Waals surface area contributed by atoms with Crippen molar-refractivity contribution in [3.05, 3.63) is 22.2 Å². The summed E-state index contributed by atoms with van der Waals surface area (Å²) in [5.74, 6) is 1.00. The fourth-order valence-electron chi connectivity index (χ4n) is 1.39. The summed E-state index contributed by atoms with van der Waals surface area (Å²) in [4.78, 5) is 0. The van der Waals surface area contributed by atoms with Crippen LogP contribution in [0.2, 0.25) is 0 Å². The van der Waals surface area contributed by atoms with Gasteiger partial charge in [-0.2, -0.15) is 5.26 Å². The molecule has 0 saturated heterocycles. The van der Waals surface area contributed by atoms with Gasteiger partial charge in [-0.05, 0) is 19.1 Å². The summed E-state index contributed by atoms with van der Waals surface area (Å²) in [5, 5.41) is 8.93. The molecule has 0 bridgehead atoms. The van der Waals surface area contributed by atoms with Gasteiger partial charge in [0, 0.05) is 10.0 Å². The van der Waals surface area contributed by atoms with E-state index in [2.05, 4.69) is 22.0 Å². The van der Waals surface area contributed by atoms with E-state index in [4.69, 9.17) is 14.7 Å². The number of nitrogens with zero attached hydrogens (tertiary/aromatic N) is 1. The second-order valence-electron chi connectivity index (χ2n) is 3.05. The molecule has 0 N–H and O–H groups in total. The second kappa shape index (κ2) is 5.04. The van der Waals surface area contributed by atoms with Crippen LogP contribution < -0.4 is 9.47 Å². The van der Waals surface area contributed by atoms with E-state index in [1.807, 2.05) is 13.0 Å². The van der Waals surface area contributed by atoms with Crippen LogP contribution in [0.1, 0.15) is 18.4 Å². The highest BCUT2D eigenvalue weighted by molar-refractivity contribution is 9.10. The van der Waals surface area contributed by atoms with Gasteiger partial charge in [-0.3, -0.25) is 0 Å². The largest absolute Gasteiger partial charge is 0.493 e. The average Bonchev–Trinajstić information content (AvgIpc) is 2.27. The van der Waals surface area contributed by atoms with Crippen LogP contribution in [-0.4, -0.2) is 14.2 Å². The Kier molecular flexibility index (Phi) is 3.98. The van der Waals surface area contributed by atoms with Crippen LogP contribution >= 0.6 is 15.9 Å². The molecule has 3 nitrogen and oxygen atoms in total. The summed E-state index contributed by atoms with van der Waals surface area (Å²) < 4.78 is 11.3. The lowest BCUT2D eigenvalue weighted by atomic mass is 10.0. The first-order valence-corrected chi connectivity index (χ1v) is 5.25. The quantitative estimate of drug-likeness (QED) is 0.847. The topological polar surface area (TPSA) is 42.2 Å². The minimum Gasteiger partial charge on any atom is -0.493 e. The van der Waals surface area contributed by atoms with Crippen LogP contribution in [0.3, 0.4) is 0 Å². The molecule has 0 heterocycles. The molecule has 1 atom stereocenters. The molecular weight excluding hydrogens is 258 g/mol. The third-order valence-corrected chi connectivity index (χ3v) is 2.85. The van der Waals surface area contributed by atoms with E-state index in [0.717, 1.165) is 10.0 Å². The van der Waals surface area contributed by atoms with E-state index < -0.39 is 0 Å². The van der Waals surface area contributed by atoms with E-state index in [1.54, 1.807) is 20.3 Å². The maximum absolute atomic E-state index is 8.93. The minimum absolute atomic E-state index is 0.246. The predicted molar refractivity (Wildman–Crippen MR) is 61.3 cm³/mol. The van der Waals surface area contributed by atoms with Gasteiger partial charge in [0.25, 0.3) is 0 Å². The van der Waals surface area contributed by atoms with Crippen LogP contribution in [0.25, 0.3) is 0 Å². The Morgan fingerprint density at radius 1 is 1.33 bits per heavy atom. The number of methoxy groups -OCH3 is 2. The SMILES string of the molecule is COc1ccc(Br)c(C(C)C#N)c1OC. The number of hydrogen-bond acceptors (Lipinski definition) is 3. The Balaban J connectivity index is 3.40. The number of nitriles is 1. The third kappa shape index (κ3) is 2.24. The highest BCUT2D eigenvalue weighted by Gasteiger charge is 2.18. The summed E-state index contributed by atoms with van der Waals surface area (Å²) in [6, 6.07) is 5.84. The van der Waals surface area contributed by atoms with Gasteiger partial charge < -0.3 is 9.47 Å². The molecule has 1 rings (SSSR count). The normalized spacial score (nSPS) is 11.7. The van der Waals surface area contributed by atoms with Crippen LogP contribution in [0.15, 0.2) is 16.6 Å². The first kappa shape index (κ1) is 11.9. The van der Waals surface area contributed by atoms with Crippen molar-refractivity contribution in [2.75, 3.05) is 14.2 Å². The van der Waals surface area contributed by atoms with Crippen molar-refractivity contribution in [1.82, 2.24) is 0 Å². The number of benzene rings is 1. The van der Waals surface area contributed by atoms with E-state index in [-0.39, 0.29) is 5.92 Å². The molecule has 0 aliphatic carbocycles. The molecule has 0 saturated carbocycles. The molecular formula is C11H12BrNO2. The van der Waals surface area contributed by atoms with E-state index in [0.29, 0.717) is 11.5 Å². The summed E-state index contributed by atoms with van der Waals surface area (Å²) in [7, 11) is 3.14. The summed E-state index contributed by atoms with van der Waals surface area (Å²) >= 11 is 3.41. The first-order chi connectivity index (χ1) is 7.15. The molecule has 15 heavy (non-hydrogen) atoms. The molecule has 0 aromatic heterocycles. The van der Waals surface area contributed by atoms with Gasteiger partial charge in [-0.1, -0.05) is 15.9 Å². The summed E-state index contributed by atoms with van der Waals surface area (Å²) in [5.41, 5.74) is 0.819. The van der Waals surface area contributed by atoms with Gasteiger partial charge in [0.05, 0.1) is 26.2 Å². The molecule has 1 aromatic rings. The van der Waals surface area contributed by atoms with E-state index in [1.165, 1.54) is 0 Å². The molecule has 0 aliphatic heterocycles. The molecule has 0 aliphatic rings. The van der Waals surface area contributed by atoms with Crippen molar-refractivity contribution in [2.45, 2.75) is 12.8 Å². The maximum atomic E-state index is 8.93. The van der Waals surface area contributed by atoms with Crippen LogP contribution in [0.4, 0.5) is 0 Å². The number of ether oxygens (including phenoxy) is 2. The second-order valence-corrected chi connectivity index (χ2v) is 3.90. The zero-order chi connectivity index (χ0) is 11.4. The monoisotopic (exact) mass is 269 g/mol. The van der Waals surface area contributed by atoms with Crippen molar-refractivity contribution >= 4 is 15.9 Å². The highest BCUT2D eigenvalue weighted by atomic mass is 79.9. The Hall–Kier alpha value is -1.21. The van der Waals surface area contributed by atoms with Gasteiger partial charge in [0.2, 0.25) is 0 Å². The lowest BCUT2D eigenvalue weighted by Crippen LogP contribution is -1.99. The van der Waals surface area contributed by atoms with Gasteiger partial charge in [-0.15, -0.1) is 0 Å². The lowest BCUT2D eigenvalue weighted by molar-refractivity contribution is 0.351. The minimum atomic E-state index is -0.246. The average molecular weight is 270 g/mol. The van der Waals surface area contributed by atoms with Crippen molar-refractivity contribution in [2.24, 2.45) is 0 Å². The summed E-state index contributed by atoms with van der Waals surface area (Å²) in [6.07, 6.45) is 0. The smallest absolute Gasteiger partial charge is 0.166 e. The van der Waals surface area contributed by atoms with Crippen LogP contribution in [0.5, 0.6) is 11.5 Å². The molecule has 1 unspecified atom stereocenters. The fourth-order valence-corrected chi connectivity index (χ4v) is 2.05. The van der Waals surface area contributed by atoms with Crippen molar-refractivity contribution in [1.29, 1.82) is 5.26 Å². The number of rotatable bonds is 3. The third-order valence-electron chi connectivity index (χ3n) is 2.16. The van der Waals surface area contributed by atoms with Gasteiger partial charge >= 0.3 is 0 Å². The molecule has 0 amide bonds. The Morgan fingerprint density at radius 2 is 2.00 bits per heavy atom. The van der Waals surface area contributed by atoms with E-state index >= 15 is 0 Å². The van der Waals surface area contributed by atoms with Gasteiger partial charge in [0.1, 0.15) is 0 Å². The number of halogens is 1. The molecule has 0 radical (unpaired) electrons. The standard InChI is InChI=1S/C11H12BrNO2/c1-7(6-13)10-8(12)4-5-9(14-2)11(10)15-3/h4-5,7H,1-3H3. The molecule has 0 spiro atoms. The van der Waals surface area contributed by atoms with E-state index in [9.17, 15) is 0 Å². The van der Waals surface area contributed by atoms with Gasteiger partial charge in [-0.25, -0.2) is 0 Å². The fraction of sp³-hybridized carbons (Fsp3) is 0.364. The predicted octanol–water partition coefficient (Wildman–Crippen LogP) is 3.09. The number of hydrogen-bond donors (Lipinski definition) is 0. The Labute approximate surface area is 97.7 Å². The zero-order valence-electron chi connectivity index (χ0n) is 8.87. The summed E-state index contributed by atoms with van der Waals surface area (Å²) in [6.45, 7) is 1.82. The molecule has 1 aromatic carbocycles. The van der Waals surface area contributed by atoms with Crippen molar-refractivity contribution in [3.8, 4) is 17.6 Å². The Morgan fingerprint density at radius 3 is 2.47 bits per heavy atom. The van der Waals surface area contributed by atoms with Crippen molar-refractivity contribution < 1.29 is 9.47 Å². The van der Waals surface area contributed by atoms with Crippen LogP contribution in [0, 0.1) is 11.3 Å². The van der Waals surface area contributed by atoms with Crippen molar-refractivity contribution in [3.63, 3.8) is 0 Å². The molecule has 0 fully saturated rings. The van der Waals surface area contributed by atoms with Crippen LogP contribution in [-0.2, 0) is 0 Å². The maximum Gasteiger partial charge on any atom is 0.166 e. The highest BCUT2D eigenvalue weighted by Crippen LogP contribution is 2.40. The first-order valence-electron chi connectivity index (χ1n) is 4.45. The lowest BCUT2D eigenvalue weighted by Gasteiger charge is -2.15. The van der Waals surface area contributed by atoms with Gasteiger partial charge in [0.15, 0.2) is 11.5 Å². The zero-order valence-corrected chi connectivity index (χ0v) is 10.5.